The molecule has 232 valence electrons. The fraction of sp³-hybridized carbons (Fsp3) is 0.500. The number of nitrogens with zero attached hydrogens (tertiary/aromatic N) is 2. The van der Waals surface area contributed by atoms with Crippen molar-refractivity contribution in [2.24, 2.45) is 5.92 Å². The normalized spacial score (nSPS) is 20.5. The summed E-state index contributed by atoms with van der Waals surface area (Å²) in [7, 11) is 0. The first-order valence-electron chi connectivity index (χ1n) is 14.9. The Kier molecular flexibility index (Phi) is 10.7. The number of alkyl halides is 2. The lowest BCUT2D eigenvalue weighted by Gasteiger charge is -2.39. The summed E-state index contributed by atoms with van der Waals surface area (Å²) < 4.78 is 29.5. The Hall–Kier alpha value is -4.02. The summed E-state index contributed by atoms with van der Waals surface area (Å²) in [5.41, 5.74) is 0.778. The molecule has 0 bridgehead atoms. The Balaban J connectivity index is 1.59. The number of carbonyl (C=O) groups is 4. The van der Waals surface area contributed by atoms with E-state index in [9.17, 15) is 28.0 Å². The van der Waals surface area contributed by atoms with Crippen LogP contribution in [0.3, 0.4) is 0 Å². The second-order valence-corrected chi connectivity index (χ2v) is 11.6. The summed E-state index contributed by atoms with van der Waals surface area (Å²) >= 11 is 0. The van der Waals surface area contributed by atoms with E-state index in [2.05, 4.69) is 15.4 Å². The molecule has 1 saturated heterocycles. The van der Waals surface area contributed by atoms with Crippen LogP contribution in [-0.4, -0.2) is 72.8 Å². The van der Waals surface area contributed by atoms with E-state index < -0.39 is 24.0 Å². The topological polar surface area (TPSA) is 108 Å². The van der Waals surface area contributed by atoms with E-state index in [1.165, 1.54) is 34.1 Å². The molecule has 1 aliphatic heterocycles. The van der Waals surface area contributed by atoms with Gasteiger partial charge in [-0.3, -0.25) is 19.2 Å². The summed E-state index contributed by atoms with van der Waals surface area (Å²) in [4.78, 5) is 57.3. The van der Waals surface area contributed by atoms with Crippen molar-refractivity contribution in [1.82, 2.24) is 20.4 Å². The Bertz CT molecular complexity index is 1300. The first kappa shape index (κ1) is 31.9. The van der Waals surface area contributed by atoms with E-state index in [1.54, 1.807) is 0 Å². The number of fused-ring (bicyclic) bond motifs is 2. The Labute approximate surface area is 250 Å². The molecule has 1 unspecified atom stereocenters. The van der Waals surface area contributed by atoms with E-state index in [-0.39, 0.29) is 48.7 Å². The molecule has 9 nitrogen and oxygen atoms in total. The monoisotopic (exact) mass is 598 g/mol. The van der Waals surface area contributed by atoms with Gasteiger partial charge in [0, 0.05) is 25.2 Å². The fourth-order valence-corrected chi connectivity index (χ4v) is 5.67. The average Bonchev–Trinajstić information content (AvgIpc) is 2.97. The first-order valence-corrected chi connectivity index (χ1v) is 14.9. The minimum absolute atomic E-state index is 0.0800. The lowest BCUT2D eigenvalue weighted by Crippen LogP contribution is -2.60. The molecular formula is C32H40F2N4O5. The minimum Gasteiger partial charge on any atom is -0.435 e. The van der Waals surface area contributed by atoms with Gasteiger partial charge in [-0.15, -0.1) is 0 Å². The molecule has 4 rings (SSSR count). The lowest BCUT2D eigenvalue weighted by molar-refractivity contribution is -0.139. The number of halogens is 2. The van der Waals surface area contributed by atoms with E-state index >= 15 is 0 Å². The van der Waals surface area contributed by atoms with Gasteiger partial charge in [-0.1, -0.05) is 38.1 Å². The van der Waals surface area contributed by atoms with Gasteiger partial charge in [0.05, 0.1) is 6.54 Å². The van der Waals surface area contributed by atoms with Crippen molar-refractivity contribution in [3.63, 3.8) is 0 Å². The van der Waals surface area contributed by atoms with Gasteiger partial charge in [0.2, 0.25) is 17.7 Å². The maximum atomic E-state index is 13.8. The first-order chi connectivity index (χ1) is 20.6. The van der Waals surface area contributed by atoms with Crippen LogP contribution in [0.4, 0.5) is 8.78 Å². The number of hydrogen-bond donors (Lipinski definition) is 2. The van der Waals surface area contributed by atoms with Gasteiger partial charge < -0.3 is 25.2 Å². The molecule has 1 spiro atoms. The van der Waals surface area contributed by atoms with Crippen molar-refractivity contribution < 1.29 is 32.7 Å². The van der Waals surface area contributed by atoms with E-state index in [1.807, 2.05) is 38.1 Å². The molecule has 1 fully saturated rings. The number of amides is 4. The van der Waals surface area contributed by atoms with Crippen LogP contribution in [0, 0.1) is 5.92 Å². The van der Waals surface area contributed by atoms with Crippen LogP contribution in [0.5, 0.6) is 5.75 Å². The van der Waals surface area contributed by atoms with Gasteiger partial charge in [-0.25, -0.2) is 0 Å². The highest BCUT2D eigenvalue weighted by atomic mass is 19.3. The van der Waals surface area contributed by atoms with Crippen molar-refractivity contribution in [2.45, 2.75) is 64.5 Å². The molecule has 2 aliphatic rings. The van der Waals surface area contributed by atoms with Gasteiger partial charge in [0.1, 0.15) is 17.8 Å². The highest BCUT2D eigenvalue weighted by Crippen LogP contribution is 2.36. The molecule has 2 aromatic carbocycles. The van der Waals surface area contributed by atoms with Gasteiger partial charge in [0.15, 0.2) is 0 Å². The maximum Gasteiger partial charge on any atom is 0.387 e. The van der Waals surface area contributed by atoms with Crippen LogP contribution >= 0.6 is 0 Å². The molecule has 0 aromatic heterocycles. The van der Waals surface area contributed by atoms with Crippen LogP contribution in [0.2, 0.25) is 0 Å². The molecule has 2 aromatic rings. The third-order valence-electron chi connectivity index (χ3n) is 7.96. The van der Waals surface area contributed by atoms with Crippen molar-refractivity contribution in [1.29, 1.82) is 0 Å². The molecule has 0 radical (unpaired) electrons. The van der Waals surface area contributed by atoms with Crippen LogP contribution in [0.1, 0.15) is 67.4 Å². The highest BCUT2D eigenvalue weighted by molar-refractivity contribution is 5.98. The standard InChI is InChI=1S/C32H40F2N4O5/c1-22(2)15-19-37-20-27(39)36-32(16-7-9-23-8-3-4-10-26(23)32)30(42)35-17-5-6-18-38(21-28(37)40)29(41)24-11-13-25(14-12-24)43-31(33)34/h3-4,8,10-14,22,31H,5-7,9,15-21H2,1-2H3,(H,35,42)(H,36,39). The molecule has 1 aliphatic carbocycles. The van der Waals surface area contributed by atoms with Gasteiger partial charge in [-0.2, -0.15) is 8.78 Å². The third kappa shape index (κ3) is 8.09. The van der Waals surface area contributed by atoms with Crippen molar-refractivity contribution >= 4 is 23.6 Å². The summed E-state index contributed by atoms with van der Waals surface area (Å²) in [6, 6.07) is 13.0. The maximum absolute atomic E-state index is 13.8. The number of hydrogen-bond acceptors (Lipinski definition) is 5. The number of aryl methyl sites for hydroxylation is 1. The molecular weight excluding hydrogens is 558 g/mol. The van der Waals surface area contributed by atoms with Crippen molar-refractivity contribution in [3.8, 4) is 5.75 Å². The smallest absolute Gasteiger partial charge is 0.387 e. The largest absolute Gasteiger partial charge is 0.435 e. The van der Waals surface area contributed by atoms with Gasteiger partial charge in [-0.05, 0) is 79.8 Å². The number of rotatable bonds is 6. The Morgan fingerprint density at radius 3 is 2.47 bits per heavy atom. The van der Waals surface area contributed by atoms with Gasteiger partial charge in [0.25, 0.3) is 5.91 Å². The van der Waals surface area contributed by atoms with Crippen LogP contribution in [0.15, 0.2) is 48.5 Å². The number of nitrogens with one attached hydrogen (secondary N) is 2. The Morgan fingerprint density at radius 1 is 1.00 bits per heavy atom. The highest BCUT2D eigenvalue weighted by Gasteiger charge is 2.44. The zero-order valence-corrected chi connectivity index (χ0v) is 24.7. The summed E-state index contributed by atoms with van der Waals surface area (Å²) in [6.45, 7) is 1.41. The Morgan fingerprint density at radius 2 is 1.74 bits per heavy atom. The number of carbonyl (C=O) groups excluding carboxylic acids is 4. The average molecular weight is 599 g/mol. The SMILES string of the molecule is CC(C)CCN1CC(=O)NC2(CCCc3ccccc32)C(=O)NCCCCN(C(=O)c2ccc(OC(F)F)cc2)CC1=O. The lowest BCUT2D eigenvalue weighted by atomic mass is 9.75. The molecule has 4 amide bonds. The van der Waals surface area contributed by atoms with E-state index in [4.69, 9.17) is 0 Å². The fourth-order valence-electron chi connectivity index (χ4n) is 5.67. The second-order valence-electron chi connectivity index (χ2n) is 11.6. The minimum atomic E-state index is -2.99. The summed E-state index contributed by atoms with van der Waals surface area (Å²) in [5.74, 6) is -1.39. The predicted octanol–water partition coefficient (Wildman–Crippen LogP) is 3.86. The quantitative estimate of drug-likeness (QED) is 0.525. The van der Waals surface area contributed by atoms with E-state index in [0.717, 1.165) is 24.0 Å². The van der Waals surface area contributed by atoms with Gasteiger partial charge >= 0.3 is 6.61 Å². The zero-order valence-electron chi connectivity index (χ0n) is 24.7. The molecule has 2 N–H and O–H groups in total. The third-order valence-corrected chi connectivity index (χ3v) is 7.96. The van der Waals surface area contributed by atoms with Crippen LogP contribution in [-0.2, 0) is 26.3 Å². The van der Waals surface area contributed by atoms with Crippen molar-refractivity contribution in [2.75, 3.05) is 32.7 Å². The van der Waals surface area contributed by atoms with Crippen LogP contribution in [0.25, 0.3) is 0 Å². The molecule has 0 saturated carbocycles. The zero-order chi connectivity index (χ0) is 31.0. The molecule has 43 heavy (non-hydrogen) atoms. The van der Waals surface area contributed by atoms with Crippen molar-refractivity contribution in [3.05, 3.63) is 65.2 Å². The molecule has 11 heteroatoms. The summed E-state index contributed by atoms with van der Waals surface area (Å²) in [6.07, 6.45) is 3.68. The number of benzene rings is 2. The van der Waals surface area contributed by atoms with Crippen LogP contribution < -0.4 is 15.4 Å². The summed E-state index contributed by atoms with van der Waals surface area (Å²) in [5, 5.41) is 6.02. The molecule has 1 atom stereocenters. The second kappa shape index (κ2) is 14.4. The van der Waals surface area contributed by atoms with E-state index in [0.29, 0.717) is 38.8 Å². The number of ether oxygens (including phenoxy) is 1. The predicted molar refractivity (Wildman–Crippen MR) is 156 cm³/mol. The molecule has 1 heterocycles.